The van der Waals surface area contributed by atoms with Crippen LogP contribution in [-0.4, -0.2) is 20.7 Å². The van der Waals surface area contributed by atoms with Gasteiger partial charge < -0.3 is 9.88 Å². The zero-order chi connectivity index (χ0) is 20.4. The second kappa shape index (κ2) is 8.78. The number of aromatic nitrogens is 3. The number of amides is 1. The van der Waals surface area contributed by atoms with Crippen molar-refractivity contribution in [1.29, 1.82) is 0 Å². The van der Waals surface area contributed by atoms with Gasteiger partial charge in [0.2, 0.25) is 5.91 Å². The minimum atomic E-state index is -0.490. The molecule has 4 rings (SSSR count). The van der Waals surface area contributed by atoms with Crippen molar-refractivity contribution in [2.45, 2.75) is 42.6 Å². The predicted molar refractivity (Wildman–Crippen MR) is 118 cm³/mol. The summed E-state index contributed by atoms with van der Waals surface area (Å²) in [6, 6.07) is 14.6. The van der Waals surface area contributed by atoms with Crippen molar-refractivity contribution in [3.63, 3.8) is 0 Å². The van der Waals surface area contributed by atoms with Crippen LogP contribution in [0.4, 0.5) is 5.69 Å². The summed E-state index contributed by atoms with van der Waals surface area (Å²) < 4.78 is 2.11. The normalized spacial score (nSPS) is 14.6. The first-order valence-electron chi connectivity index (χ1n) is 9.46. The average Bonchev–Trinajstić information content (AvgIpc) is 3.46. The molecule has 1 N–H and O–H groups in total. The van der Waals surface area contributed by atoms with Crippen LogP contribution in [0.15, 0.2) is 53.7 Å². The molecule has 1 heterocycles. The monoisotopic (exact) mass is 446 g/mol. The molecule has 0 spiro atoms. The second-order valence-corrected chi connectivity index (χ2v) is 8.86. The summed E-state index contributed by atoms with van der Waals surface area (Å²) in [6.45, 7) is 2.85. The van der Waals surface area contributed by atoms with Gasteiger partial charge in [-0.1, -0.05) is 65.3 Å². The number of hydrogen-bond donors (Lipinski definition) is 1. The fourth-order valence-corrected chi connectivity index (χ4v) is 4.80. The summed E-state index contributed by atoms with van der Waals surface area (Å²) in [5.41, 5.74) is 1.45. The van der Waals surface area contributed by atoms with Crippen molar-refractivity contribution in [2.24, 2.45) is 0 Å². The van der Waals surface area contributed by atoms with Crippen LogP contribution in [0.3, 0.4) is 0 Å². The summed E-state index contributed by atoms with van der Waals surface area (Å²) in [5.74, 6) is 1.34. The summed E-state index contributed by atoms with van der Waals surface area (Å²) >= 11 is 13.6. The van der Waals surface area contributed by atoms with Crippen LogP contribution in [0, 0.1) is 0 Å². The third kappa shape index (κ3) is 4.77. The lowest BCUT2D eigenvalue weighted by molar-refractivity contribution is -0.115. The van der Waals surface area contributed by atoms with E-state index in [1.807, 2.05) is 30.3 Å². The highest BCUT2D eigenvalue weighted by Crippen LogP contribution is 2.42. The molecule has 29 heavy (non-hydrogen) atoms. The van der Waals surface area contributed by atoms with Gasteiger partial charge in [-0.15, -0.1) is 10.2 Å². The molecular formula is C21H20Cl2N4OS. The lowest BCUT2D eigenvalue weighted by atomic mass is 10.1. The Morgan fingerprint density at radius 1 is 1.17 bits per heavy atom. The number of carbonyl (C=O) groups is 1. The van der Waals surface area contributed by atoms with Gasteiger partial charge in [0.25, 0.3) is 0 Å². The Labute approximate surface area is 183 Å². The van der Waals surface area contributed by atoms with Crippen LogP contribution in [0.1, 0.15) is 42.3 Å². The highest BCUT2D eigenvalue weighted by Gasteiger charge is 2.32. The van der Waals surface area contributed by atoms with E-state index < -0.39 is 5.25 Å². The fourth-order valence-electron chi connectivity index (χ4n) is 3.17. The molecule has 8 heteroatoms. The molecule has 0 bridgehead atoms. The van der Waals surface area contributed by atoms with Crippen molar-refractivity contribution in [3.05, 3.63) is 70.0 Å². The molecule has 5 nitrogen and oxygen atoms in total. The van der Waals surface area contributed by atoms with Gasteiger partial charge in [0.1, 0.15) is 11.1 Å². The smallest absolute Gasteiger partial charge is 0.242 e. The van der Waals surface area contributed by atoms with Gasteiger partial charge >= 0.3 is 0 Å². The van der Waals surface area contributed by atoms with E-state index in [0.717, 1.165) is 35.9 Å². The molecule has 2 aromatic carbocycles. The Morgan fingerprint density at radius 2 is 1.86 bits per heavy atom. The van der Waals surface area contributed by atoms with Crippen LogP contribution in [0.25, 0.3) is 0 Å². The minimum Gasteiger partial charge on any atom is -0.325 e. The molecule has 1 fully saturated rings. The van der Waals surface area contributed by atoms with Gasteiger partial charge in [0, 0.05) is 28.2 Å². The van der Waals surface area contributed by atoms with E-state index in [9.17, 15) is 4.79 Å². The number of rotatable bonds is 7. The first kappa shape index (κ1) is 20.3. The molecule has 1 saturated carbocycles. The minimum absolute atomic E-state index is 0.168. The van der Waals surface area contributed by atoms with Crippen LogP contribution < -0.4 is 5.32 Å². The van der Waals surface area contributed by atoms with E-state index in [0.29, 0.717) is 21.7 Å². The summed E-state index contributed by atoms with van der Waals surface area (Å²) in [5, 5.41) is 12.9. The van der Waals surface area contributed by atoms with Gasteiger partial charge in [-0.2, -0.15) is 0 Å². The Balaban J connectivity index is 1.63. The predicted octanol–water partition coefficient (Wildman–Crippen LogP) is 5.95. The number of halogens is 2. The average molecular weight is 447 g/mol. The Bertz CT molecular complexity index is 1000. The number of nitrogens with zero attached hydrogens (tertiary/aromatic N) is 3. The summed E-state index contributed by atoms with van der Waals surface area (Å²) in [6.07, 6.45) is 2.31. The highest BCUT2D eigenvalue weighted by atomic mass is 35.5. The second-order valence-electron chi connectivity index (χ2n) is 6.92. The molecule has 1 aliphatic carbocycles. The van der Waals surface area contributed by atoms with E-state index >= 15 is 0 Å². The molecule has 0 aliphatic heterocycles. The van der Waals surface area contributed by atoms with Crippen LogP contribution in [0.5, 0.6) is 0 Å². The molecule has 0 radical (unpaired) electrons. The topological polar surface area (TPSA) is 59.8 Å². The quantitative estimate of drug-likeness (QED) is 0.455. The first-order chi connectivity index (χ1) is 14.0. The van der Waals surface area contributed by atoms with E-state index in [-0.39, 0.29) is 5.91 Å². The molecular weight excluding hydrogens is 427 g/mol. The molecule has 1 amide bonds. The molecule has 1 aromatic heterocycles. The molecule has 150 valence electrons. The van der Waals surface area contributed by atoms with Crippen molar-refractivity contribution in [3.8, 4) is 0 Å². The molecule has 1 aliphatic rings. The Morgan fingerprint density at radius 3 is 2.48 bits per heavy atom. The number of thioether (sulfide) groups is 1. The van der Waals surface area contributed by atoms with Crippen molar-refractivity contribution in [1.82, 2.24) is 14.8 Å². The van der Waals surface area contributed by atoms with Crippen molar-refractivity contribution < 1.29 is 4.79 Å². The molecule has 1 atom stereocenters. The lowest BCUT2D eigenvalue weighted by Crippen LogP contribution is -2.19. The number of hydrogen-bond acceptors (Lipinski definition) is 4. The zero-order valence-corrected chi connectivity index (χ0v) is 18.1. The van der Waals surface area contributed by atoms with Crippen LogP contribution >= 0.6 is 35.0 Å². The first-order valence-corrected chi connectivity index (χ1v) is 11.1. The maximum absolute atomic E-state index is 13.2. The van der Waals surface area contributed by atoms with E-state index in [4.69, 9.17) is 23.2 Å². The fraction of sp³-hybridized carbons (Fsp3) is 0.286. The third-order valence-electron chi connectivity index (χ3n) is 4.70. The van der Waals surface area contributed by atoms with Crippen LogP contribution in [-0.2, 0) is 11.3 Å². The van der Waals surface area contributed by atoms with Crippen molar-refractivity contribution in [2.75, 3.05) is 5.32 Å². The zero-order valence-electron chi connectivity index (χ0n) is 15.8. The van der Waals surface area contributed by atoms with E-state index in [1.165, 1.54) is 11.8 Å². The largest absolute Gasteiger partial charge is 0.325 e. The van der Waals surface area contributed by atoms with Gasteiger partial charge in [-0.25, -0.2) is 0 Å². The molecule has 1 unspecified atom stereocenters. The lowest BCUT2D eigenvalue weighted by Gasteiger charge is -2.17. The van der Waals surface area contributed by atoms with Gasteiger partial charge in [0.15, 0.2) is 5.16 Å². The summed E-state index contributed by atoms with van der Waals surface area (Å²) in [4.78, 5) is 13.2. The molecule has 0 saturated heterocycles. The van der Waals surface area contributed by atoms with Gasteiger partial charge in [0.05, 0.1) is 0 Å². The number of anilines is 1. The SMILES string of the molecule is CCn1c(SC(C(=O)Nc2cc(Cl)cc(Cl)c2)c2ccccc2)nnc1C1CC1. The maximum atomic E-state index is 13.2. The van der Waals surface area contributed by atoms with E-state index in [2.05, 4.69) is 27.0 Å². The van der Waals surface area contributed by atoms with Gasteiger partial charge in [-0.3, -0.25) is 4.79 Å². The van der Waals surface area contributed by atoms with E-state index in [1.54, 1.807) is 18.2 Å². The number of carbonyl (C=O) groups excluding carboxylic acids is 1. The van der Waals surface area contributed by atoms with Crippen LogP contribution in [0.2, 0.25) is 10.0 Å². The number of nitrogens with one attached hydrogen (secondary N) is 1. The van der Waals surface area contributed by atoms with Gasteiger partial charge in [-0.05, 0) is 43.5 Å². The standard InChI is InChI=1S/C21H20Cl2N4OS/c1-2-27-19(14-8-9-14)25-26-21(27)29-18(13-6-4-3-5-7-13)20(28)24-17-11-15(22)10-16(23)12-17/h3-7,10-12,14,18H,2,8-9H2,1H3,(H,24,28). The highest BCUT2D eigenvalue weighted by molar-refractivity contribution is 8.00. The Hall–Kier alpha value is -2.02. The maximum Gasteiger partial charge on any atom is 0.242 e. The summed E-state index contributed by atoms with van der Waals surface area (Å²) in [7, 11) is 0. The number of benzene rings is 2. The molecule has 3 aromatic rings. The van der Waals surface area contributed by atoms with Crippen molar-refractivity contribution >= 4 is 46.6 Å². The third-order valence-corrected chi connectivity index (χ3v) is 6.37. The Kier molecular flexibility index (Phi) is 6.13.